The maximum atomic E-state index is 11.9. The van der Waals surface area contributed by atoms with E-state index in [1.807, 2.05) is 12.1 Å². The van der Waals surface area contributed by atoms with E-state index in [0.29, 0.717) is 16.5 Å². The summed E-state index contributed by atoms with van der Waals surface area (Å²) >= 11 is 5.86. The van der Waals surface area contributed by atoms with Crippen LogP contribution in [0.3, 0.4) is 0 Å². The Morgan fingerprint density at radius 3 is 2.72 bits per heavy atom. The van der Waals surface area contributed by atoms with Gasteiger partial charge in [0.1, 0.15) is 11.5 Å². The lowest BCUT2D eigenvalue weighted by atomic mass is 10.2. The summed E-state index contributed by atoms with van der Waals surface area (Å²) in [5, 5.41) is 15.5. The Kier molecular flexibility index (Phi) is 6.25. The van der Waals surface area contributed by atoms with Crippen LogP contribution in [0.5, 0.6) is 5.75 Å². The first kappa shape index (κ1) is 20.1. The van der Waals surface area contributed by atoms with Crippen LogP contribution in [0.25, 0.3) is 11.3 Å². The molecular formula is C20H16ClN3O5. The number of benzene rings is 2. The highest BCUT2D eigenvalue weighted by atomic mass is 35.5. The zero-order chi connectivity index (χ0) is 20.8. The van der Waals surface area contributed by atoms with Gasteiger partial charge in [-0.15, -0.1) is 0 Å². The SMILES string of the molecule is Cc1ccc(OCC(=O)NN=Cc2ccc(-c3ccc(Cl)cc3)o2)c([N+](=O)[O-])c1. The van der Waals surface area contributed by atoms with Crippen molar-refractivity contribution in [3.8, 4) is 17.1 Å². The van der Waals surface area contributed by atoms with Gasteiger partial charge in [0, 0.05) is 16.7 Å². The van der Waals surface area contributed by atoms with Crippen LogP contribution in [-0.2, 0) is 4.79 Å². The van der Waals surface area contributed by atoms with Crippen LogP contribution in [0.15, 0.2) is 64.1 Å². The maximum absolute atomic E-state index is 11.9. The molecule has 1 N–H and O–H groups in total. The van der Waals surface area contributed by atoms with Gasteiger partial charge in [-0.1, -0.05) is 17.7 Å². The summed E-state index contributed by atoms with van der Waals surface area (Å²) in [6.07, 6.45) is 1.34. The predicted octanol–water partition coefficient (Wildman–Crippen LogP) is 4.35. The van der Waals surface area contributed by atoms with E-state index in [9.17, 15) is 14.9 Å². The first-order chi connectivity index (χ1) is 13.9. The molecule has 0 aliphatic heterocycles. The highest BCUT2D eigenvalue weighted by Gasteiger charge is 2.16. The second-order valence-corrected chi connectivity index (χ2v) is 6.46. The van der Waals surface area contributed by atoms with E-state index in [4.69, 9.17) is 20.8 Å². The predicted molar refractivity (Wildman–Crippen MR) is 108 cm³/mol. The monoisotopic (exact) mass is 413 g/mol. The van der Waals surface area contributed by atoms with Crippen molar-refractivity contribution in [2.24, 2.45) is 5.10 Å². The third-order valence-corrected chi connectivity index (χ3v) is 4.06. The number of nitrogens with zero attached hydrogens (tertiary/aromatic N) is 2. The second-order valence-electron chi connectivity index (χ2n) is 6.02. The van der Waals surface area contributed by atoms with Crippen LogP contribution in [-0.4, -0.2) is 23.7 Å². The van der Waals surface area contributed by atoms with Crippen LogP contribution in [0.4, 0.5) is 5.69 Å². The fourth-order valence-corrected chi connectivity index (χ4v) is 2.55. The van der Waals surface area contributed by atoms with E-state index >= 15 is 0 Å². The molecule has 3 aromatic rings. The Balaban J connectivity index is 1.54. The molecule has 0 aliphatic carbocycles. The van der Waals surface area contributed by atoms with Crippen LogP contribution >= 0.6 is 11.6 Å². The van der Waals surface area contributed by atoms with Gasteiger partial charge in [0.2, 0.25) is 0 Å². The standard InChI is InChI=1S/C20H16ClN3O5/c1-13-2-8-19(17(10-13)24(26)27)28-12-20(25)23-22-11-16-7-9-18(29-16)14-3-5-15(21)6-4-14/h2-11H,12H2,1H3,(H,23,25). The Bertz CT molecular complexity index is 1060. The van der Waals surface area contributed by atoms with Gasteiger partial charge in [0.05, 0.1) is 11.1 Å². The summed E-state index contributed by atoms with van der Waals surface area (Å²) < 4.78 is 10.9. The molecule has 0 saturated heterocycles. The zero-order valence-electron chi connectivity index (χ0n) is 15.3. The lowest BCUT2D eigenvalue weighted by molar-refractivity contribution is -0.385. The van der Waals surface area contributed by atoms with E-state index in [-0.39, 0.29) is 11.4 Å². The number of halogens is 1. The van der Waals surface area contributed by atoms with Crippen molar-refractivity contribution in [2.75, 3.05) is 6.61 Å². The van der Waals surface area contributed by atoms with Crippen molar-refractivity contribution in [1.29, 1.82) is 0 Å². The third kappa shape index (κ3) is 5.43. The van der Waals surface area contributed by atoms with Gasteiger partial charge < -0.3 is 9.15 Å². The Labute approximate surface area is 170 Å². The van der Waals surface area contributed by atoms with Gasteiger partial charge in [0.15, 0.2) is 12.4 Å². The molecule has 148 valence electrons. The van der Waals surface area contributed by atoms with Crippen molar-refractivity contribution in [3.05, 3.63) is 81.1 Å². The molecule has 0 bridgehead atoms. The molecule has 1 amide bonds. The molecule has 1 heterocycles. The number of aryl methyl sites for hydroxylation is 1. The van der Waals surface area contributed by atoms with E-state index in [1.165, 1.54) is 18.3 Å². The molecule has 3 rings (SSSR count). The molecule has 0 atom stereocenters. The summed E-state index contributed by atoms with van der Waals surface area (Å²) in [7, 11) is 0. The van der Waals surface area contributed by atoms with Gasteiger partial charge in [-0.05, 0) is 55.0 Å². The first-order valence-corrected chi connectivity index (χ1v) is 8.85. The molecule has 0 saturated carbocycles. The number of carbonyl (C=O) groups excluding carboxylic acids is 1. The van der Waals surface area contributed by atoms with Crippen molar-refractivity contribution in [2.45, 2.75) is 6.92 Å². The lowest BCUT2D eigenvalue weighted by Gasteiger charge is -2.06. The molecule has 9 heteroatoms. The van der Waals surface area contributed by atoms with Gasteiger partial charge in [-0.25, -0.2) is 5.43 Å². The molecule has 0 unspecified atom stereocenters. The van der Waals surface area contributed by atoms with Crippen molar-refractivity contribution in [1.82, 2.24) is 5.43 Å². The first-order valence-electron chi connectivity index (χ1n) is 8.48. The molecule has 0 spiro atoms. The van der Waals surface area contributed by atoms with Gasteiger partial charge in [-0.3, -0.25) is 14.9 Å². The molecule has 8 nitrogen and oxygen atoms in total. The van der Waals surface area contributed by atoms with E-state index in [2.05, 4.69) is 10.5 Å². The number of hydrazone groups is 1. The molecule has 0 radical (unpaired) electrons. The minimum Gasteiger partial charge on any atom is -0.477 e. The van der Waals surface area contributed by atoms with Gasteiger partial charge in [0.25, 0.3) is 5.91 Å². The Morgan fingerprint density at radius 1 is 1.24 bits per heavy atom. The van der Waals surface area contributed by atoms with E-state index in [0.717, 1.165) is 11.1 Å². The fourth-order valence-electron chi connectivity index (χ4n) is 2.43. The molecule has 1 aromatic heterocycles. The average molecular weight is 414 g/mol. The van der Waals surface area contributed by atoms with Crippen LogP contribution in [0, 0.1) is 17.0 Å². The van der Waals surface area contributed by atoms with Crippen LogP contribution in [0.1, 0.15) is 11.3 Å². The minimum absolute atomic E-state index is 0.0124. The number of nitro groups is 1. The summed E-state index contributed by atoms with van der Waals surface area (Å²) in [6, 6.07) is 15.1. The number of nitrogens with one attached hydrogen (secondary N) is 1. The number of rotatable bonds is 7. The summed E-state index contributed by atoms with van der Waals surface area (Å²) in [6.45, 7) is 1.31. The smallest absolute Gasteiger partial charge is 0.311 e. The summed E-state index contributed by atoms with van der Waals surface area (Å²) in [4.78, 5) is 22.3. The number of hydrogen-bond donors (Lipinski definition) is 1. The van der Waals surface area contributed by atoms with Crippen molar-refractivity contribution < 1.29 is 18.9 Å². The van der Waals surface area contributed by atoms with E-state index in [1.54, 1.807) is 37.3 Å². The minimum atomic E-state index is -0.569. The van der Waals surface area contributed by atoms with Crippen molar-refractivity contribution >= 4 is 29.4 Å². The van der Waals surface area contributed by atoms with E-state index < -0.39 is 17.4 Å². The number of carbonyl (C=O) groups is 1. The maximum Gasteiger partial charge on any atom is 0.311 e. The Morgan fingerprint density at radius 2 is 2.00 bits per heavy atom. The number of ether oxygens (including phenoxy) is 1. The average Bonchev–Trinajstić information content (AvgIpc) is 3.16. The highest BCUT2D eigenvalue weighted by molar-refractivity contribution is 6.30. The fraction of sp³-hybridized carbons (Fsp3) is 0.100. The zero-order valence-corrected chi connectivity index (χ0v) is 16.1. The highest BCUT2D eigenvalue weighted by Crippen LogP contribution is 2.27. The lowest BCUT2D eigenvalue weighted by Crippen LogP contribution is -2.24. The quantitative estimate of drug-likeness (QED) is 0.352. The summed E-state index contributed by atoms with van der Waals surface area (Å²) in [5.41, 5.74) is 3.64. The van der Waals surface area contributed by atoms with Gasteiger partial charge >= 0.3 is 5.69 Å². The second kappa shape index (κ2) is 9.03. The van der Waals surface area contributed by atoms with Crippen LogP contribution < -0.4 is 10.2 Å². The number of furan rings is 1. The number of amides is 1. The third-order valence-electron chi connectivity index (χ3n) is 3.81. The largest absolute Gasteiger partial charge is 0.477 e. The summed E-state index contributed by atoms with van der Waals surface area (Å²) in [5.74, 6) is 0.508. The van der Waals surface area contributed by atoms with Crippen LogP contribution in [0.2, 0.25) is 5.02 Å². The molecule has 29 heavy (non-hydrogen) atoms. The van der Waals surface area contributed by atoms with Crippen molar-refractivity contribution in [3.63, 3.8) is 0 Å². The molecular weight excluding hydrogens is 398 g/mol. The topological polar surface area (TPSA) is 107 Å². The molecule has 2 aromatic carbocycles. The number of nitro benzene ring substituents is 1. The number of hydrogen-bond acceptors (Lipinski definition) is 6. The Hall–Kier alpha value is -3.65. The van der Waals surface area contributed by atoms with Gasteiger partial charge in [-0.2, -0.15) is 5.10 Å². The molecule has 0 fully saturated rings. The normalized spacial score (nSPS) is 10.8. The molecule has 0 aliphatic rings.